The number of aromatic nitrogens is 2. The molecular weight excluding hydrogens is 466 g/mol. The summed E-state index contributed by atoms with van der Waals surface area (Å²) in [6.07, 6.45) is 3.85. The van der Waals surface area contributed by atoms with Crippen LogP contribution in [0.3, 0.4) is 0 Å². The molecule has 4 aromatic rings. The average Bonchev–Trinajstić information content (AvgIpc) is 3.16. The molecule has 0 spiro atoms. The predicted octanol–water partition coefficient (Wildman–Crippen LogP) is 4.68. The van der Waals surface area contributed by atoms with Crippen LogP contribution in [0.15, 0.2) is 101 Å². The summed E-state index contributed by atoms with van der Waals surface area (Å²) >= 11 is 3.51. The molecule has 0 amide bonds. The number of halogens is 1. The molecule has 3 aromatic carbocycles. The number of hydrogen-bond donors (Lipinski definition) is 1. The maximum atomic E-state index is 12.6. The number of benzene rings is 3. The summed E-state index contributed by atoms with van der Waals surface area (Å²) < 4.78 is 10.1. The van der Waals surface area contributed by atoms with Crippen LogP contribution in [-0.2, 0) is 19.7 Å². The van der Waals surface area contributed by atoms with Gasteiger partial charge in [-0.15, -0.1) is 0 Å². The number of aliphatic hydroxyl groups is 1. The zero-order valence-electron chi connectivity index (χ0n) is 18.2. The Labute approximate surface area is 196 Å². The molecule has 0 fully saturated rings. The average molecular weight is 491 g/mol. The van der Waals surface area contributed by atoms with Gasteiger partial charge in [0, 0.05) is 15.6 Å². The number of nitrogens with zero attached hydrogens (tertiary/aromatic N) is 3. The lowest BCUT2D eigenvalue weighted by molar-refractivity contribution is -0.683. The van der Waals surface area contributed by atoms with E-state index in [4.69, 9.17) is 9.73 Å². The number of para-hydroxylation sites is 1. The Morgan fingerprint density at radius 2 is 1.66 bits per heavy atom. The summed E-state index contributed by atoms with van der Waals surface area (Å²) in [5, 5.41) is 12.6. The van der Waals surface area contributed by atoms with Gasteiger partial charge >= 0.3 is 0 Å². The van der Waals surface area contributed by atoms with E-state index in [1.807, 2.05) is 114 Å². The Balaban J connectivity index is 2.04. The van der Waals surface area contributed by atoms with Gasteiger partial charge in [0.15, 0.2) is 0 Å². The Morgan fingerprint density at radius 1 is 1.00 bits per heavy atom. The van der Waals surface area contributed by atoms with Crippen LogP contribution in [0.5, 0.6) is 5.75 Å². The first-order valence-electron chi connectivity index (χ1n) is 10.2. The summed E-state index contributed by atoms with van der Waals surface area (Å²) in [5.41, 5.74) is 1.25. The fourth-order valence-electron chi connectivity index (χ4n) is 3.90. The molecule has 162 valence electrons. The van der Waals surface area contributed by atoms with Crippen LogP contribution in [-0.4, -0.2) is 22.5 Å². The van der Waals surface area contributed by atoms with Crippen LogP contribution < -0.4 is 9.30 Å². The van der Waals surface area contributed by atoms with Crippen molar-refractivity contribution in [1.29, 1.82) is 0 Å². The summed E-state index contributed by atoms with van der Waals surface area (Å²) in [4.78, 5) is 4.98. The Bertz CT molecular complexity index is 1210. The molecule has 32 heavy (non-hydrogen) atoms. The minimum atomic E-state index is -1.53. The summed E-state index contributed by atoms with van der Waals surface area (Å²) in [6.45, 7) is 0. The number of aliphatic imine (C=N–C) groups is 1. The first-order chi connectivity index (χ1) is 15.4. The molecule has 0 bridgehead atoms. The van der Waals surface area contributed by atoms with Gasteiger partial charge < -0.3 is 9.84 Å². The molecule has 4 rings (SSSR count). The minimum absolute atomic E-state index is 0.520. The van der Waals surface area contributed by atoms with Crippen LogP contribution in [0.2, 0.25) is 0 Å². The maximum Gasteiger partial charge on any atom is 0.299 e. The smallest absolute Gasteiger partial charge is 0.299 e. The van der Waals surface area contributed by atoms with E-state index in [0.717, 1.165) is 21.5 Å². The number of imidazole rings is 1. The molecule has 1 atom stereocenters. The third-order valence-corrected chi connectivity index (χ3v) is 6.00. The van der Waals surface area contributed by atoms with Crippen molar-refractivity contribution >= 4 is 27.3 Å². The number of methoxy groups -OCH3 is 1. The predicted molar refractivity (Wildman–Crippen MR) is 129 cm³/mol. The van der Waals surface area contributed by atoms with Gasteiger partial charge in [-0.1, -0.05) is 46.3 Å². The van der Waals surface area contributed by atoms with E-state index in [1.54, 1.807) is 7.11 Å². The molecule has 0 saturated heterocycles. The van der Waals surface area contributed by atoms with Gasteiger partial charge in [-0.2, -0.15) is 0 Å². The minimum Gasteiger partial charge on any atom is -0.497 e. The second-order valence-electron chi connectivity index (χ2n) is 7.59. The molecule has 0 saturated carbocycles. The van der Waals surface area contributed by atoms with Gasteiger partial charge in [-0.05, 0) is 48.5 Å². The topological polar surface area (TPSA) is 50.6 Å². The van der Waals surface area contributed by atoms with Crippen molar-refractivity contribution in [3.63, 3.8) is 0 Å². The van der Waals surface area contributed by atoms with Crippen molar-refractivity contribution in [3.8, 4) is 5.75 Å². The summed E-state index contributed by atoms with van der Waals surface area (Å²) in [6, 6.07) is 25.0. The third-order valence-electron chi connectivity index (χ3n) is 5.47. The van der Waals surface area contributed by atoms with Gasteiger partial charge in [0.05, 0.1) is 32.6 Å². The second-order valence-corrected chi connectivity index (χ2v) is 8.50. The van der Waals surface area contributed by atoms with Crippen LogP contribution >= 0.6 is 15.9 Å². The van der Waals surface area contributed by atoms with Crippen molar-refractivity contribution in [3.05, 3.63) is 113 Å². The van der Waals surface area contributed by atoms with Crippen LogP contribution in [0.1, 0.15) is 17.0 Å². The largest absolute Gasteiger partial charge is 0.497 e. The van der Waals surface area contributed by atoms with Crippen molar-refractivity contribution in [2.45, 2.75) is 5.60 Å². The highest BCUT2D eigenvalue weighted by Crippen LogP contribution is 2.35. The van der Waals surface area contributed by atoms with Crippen LogP contribution in [0, 0.1) is 0 Å². The highest BCUT2D eigenvalue weighted by atomic mass is 79.9. The molecule has 0 radical (unpaired) electrons. The quantitative estimate of drug-likeness (QED) is 0.315. The molecule has 1 unspecified atom stereocenters. The summed E-state index contributed by atoms with van der Waals surface area (Å²) in [7, 11) is 5.48. The maximum absolute atomic E-state index is 12.6. The van der Waals surface area contributed by atoms with E-state index in [1.165, 1.54) is 0 Å². The van der Waals surface area contributed by atoms with E-state index in [0.29, 0.717) is 17.1 Å². The van der Waals surface area contributed by atoms with Gasteiger partial charge in [0.2, 0.25) is 5.60 Å². The van der Waals surface area contributed by atoms with E-state index >= 15 is 0 Å². The zero-order chi connectivity index (χ0) is 22.7. The molecule has 1 heterocycles. The molecule has 6 heteroatoms. The first-order valence-corrected chi connectivity index (χ1v) is 11.0. The van der Waals surface area contributed by atoms with Gasteiger partial charge in [0.1, 0.15) is 18.1 Å². The van der Waals surface area contributed by atoms with Crippen molar-refractivity contribution in [2.75, 3.05) is 7.11 Å². The van der Waals surface area contributed by atoms with Gasteiger partial charge in [-0.25, -0.2) is 14.1 Å². The molecule has 0 aliphatic rings. The van der Waals surface area contributed by atoms with E-state index in [9.17, 15) is 5.11 Å². The highest BCUT2D eigenvalue weighted by Gasteiger charge is 2.47. The molecule has 5 nitrogen and oxygen atoms in total. The number of aryl methyl sites for hydroxylation is 2. The van der Waals surface area contributed by atoms with Crippen LogP contribution in [0.4, 0.5) is 5.69 Å². The number of ether oxygens (including phenoxy) is 1. The van der Waals surface area contributed by atoms with Gasteiger partial charge in [-0.3, -0.25) is 0 Å². The fraction of sp³-hybridized carbons (Fsp3) is 0.154. The lowest BCUT2D eigenvalue weighted by Gasteiger charge is -2.28. The van der Waals surface area contributed by atoms with Crippen molar-refractivity contribution in [1.82, 2.24) is 4.57 Å². The fourth-order valence-corrected chi connectivity index (χ4v) is 4.16. The molecule has 0 aliphatic heterocycles. The molecular formula is C26H25BrN3O2+. The van der Waals surface area contributed by atoms with Gasteiger partial charge in [0.25, 0.3) is 5.82 Å². The van der Waals surface area contributed by atoms with Crippen LogP contribution in [0.25, 0.3) is 0 Å². The van der Waals surface area contributed by atoms with E-state index in [2.05, 4.69) is 15.9 Å². The first kappa shape index (κ1) is 22.0. The number of hydrogen-bond acceptors (Lipinski definition) is 3. The normalized spacial score (nSPS) is 13.6. The Hall–Kier alpha value is -3.22. The number of rotatable bonds is 6. The van der Waals surface area contributed by atoms with Crippen molar-refractivity contribution < 1.29 is 14.4 Å². The third kappa shape index (κ3) is 4.11. The van der Waals surface area contributed by atoms with Crippen molar-refractivity contribution in [2.24, 2.45) is 19.1 Å². The lowest BCUT2D eigenvalue weighted by Crippen LogP contribution is -2.49. The monoisotopic (exact) mass is 490 g/mol. The second kappa shape index (κ2) is 9.10. The summed E-state index contributed by atoms with van der Waals surface area (Å²) in [5.74, 6) is 1.43. The van der Waals surface area contributed by atoms with E-state index < -0.39 is 5.60 Å². The standard InChI is InChI=1S/C26H25BrN3O2/c1-29-17-18-30(2)25(29)26(31,20-11-13-21(27)14-12-20)24(28-22-7-5-4-6-8-22)19-9-15-23(32-3)16-10-19/h4-18,31H,1-3H3/q+1. The SMILES string of the molecule is COc1ccc(C(=Nc2ccccc2)C(O)(c2ccc(Br)cc2)c2n(C)cc[n+]2C)cc1. The molecule has 0 aliphatic carbocycles. The van der Waals surface area contributed by atoms with E-state index in [-0.39, 0.29) is 0 Å². The highest BCUT2D eigenvalue weighted by molar-refractivity contribution is 9.10. The lowest BCUT2D eigenvalue weighted by atomic mass is 9.83. The Morgan fingerprint density at radius 3 is 2.22 bits per heavy atom. The molecule has 1 N–H and O–H groups in total. The zero-order valence-corrected chi connectivity index (χ0v) is 19.8. The molecule has 1 aromatic heterocycles. The Kier molecular flexibility index (Phi) is 6.26.